The largest absolute Gasteiger partial charge is 0.281 e. The van der Waals surface area contributed by atoms with Crippen LogP contribution in [0, 0.1) is 11.8 Å². The van der Waals surface area contributed by atoms with E-state index in [0.717, 1.165) is 12.8 Å². The molecule has 0 saturated carbocycles. The Bertz CT molecular complexity index is 338. The summed E-state index contributed by atoms with van der Waals surface area (Å²) in [6.07, 6.45) is 2.64. The minimum Gasteiger partial charge on any atom is -0.195 e. The molecule has 0 aromatic heterocycles. The molecular weight excluding hydrogens is 272 g/mol. The number of halogens is 1. The van der Waals surface area contributed by atoms with E-state index < -0.39 is 10.2 Å². The van der Waals surface area contributed by atoms with Crippen LogP contribution in [-0.2, 0) is 10.2 Å². The Kier molecular flexibility index (Phi) is 6.38. The predicted octanol–water partition coefficient (Wildman–Crippen LogP) is 2.16. The third-order valence-electron chi connectivity index (χ3n) is 3.77. The molecule has 0 aromatic carbocycles. The van der Waals surface area contributed by atoms with Gasteiger partial charge in [0.15, 0.2) is 0 Å². The van der Waals surface area contributed by atoms with Gasteiger partial charge in [-0.05, 0) is 31.1 Å². The van der Waals surface area contributed by atoms with Crippen LogP contribution in [0.5, 0.6) is 0 Å². The lowest BCUT2D eigenvalue weighted by molar-refractivity contribution is 0.218. The van der Waals surface area contributed by atoms with E-state index in [-0.39, 0.29) is 0 Å². The van der Waals surface area contributed by atoms with Crippen molar-refractivity contribution in [3.05, 3.63) is 0 Å². The van der Waals surface area contributed by atoms with E-state index >= 15 is 0 Å². The standard InChI is InChI=1S/C12H25ClN2O2S/c1-11(2)12-5-9-15(10-6-12)18(16,17)14(3)8-4-7-13/h11-12H,4-10H2,1-3H3. The molecule has 1 heterocycles. The van der Waals surface area contributed by atoms with Gasteiger partial charge in [0.05, 0.1) is 0 Å². The lowest BCUT2D eigenvalue weighted by Crippen LogP contribution is -2.46. The minimum atomic E-state index is -3.28. The second kappa shape index (κ2) is 7.08. The molecule has 0 aromatic rings. The first-order valence-corrected chi connectivity index (χ1v) is 8.60. The van der Waals surface area contributed by atoms with Crippen LogP contribution < -0.4 is 0 Å². The molecule has 1 rings (SSSR count). The van der Waals surface area contributed by atoms with Gasteiger partial charge in [-0.15, -0.1) is 11.6 Å². The first kappa shape index (κ1) is 16.2. The van der Waals surface area contributed by atoms with Gasteiger partial charge in [0.2, 0.25) is 0 Å². The molecule has 0 bridgehead atoms. The summed E-state index contributed by atoms with van der Waals surface area (Å²) >= 11 is 5.60. The van der Waals surface area contributed by atoms with Crippen LogP contribution in [0.3, 0.4) is 0 Å². The Morgan fingerprint density at radius 3 is 2.33 bits per heavy atom. The molecule has 108 valence electrons. The maximum atomic E-state index is 12.3. The van der Waals surface area contributed by atoms with E-state index in [2.05, 4.69) is 13.8 Å². The maximum Gasteiger partial charge on any atom is 0.281 e. The zero-order chi connectivity index (χ0) is 13.8. The number of nitrogens with zero attached hydrogens (tertiary/aromatic N) is 2. The highest BCUT2D eigenvalue weighted by Crippen LogP contribution is 2.26. The van der Waals surface area contributed by atoms with Gasteiger partial charge >= 0.3 is 0 Å². The fraction of sp³-hybridized carbons (Fsp3) is 1.00. The number of hydrogen-bond donors (Lipinski definition) is 0. The fourth-order valence-corrected chi connectivity index (χ4v) is 3.91. The fourth-order valence-electron chi connectivity index (χ4n) is 2.37. The van der Waals surface area contributed by atoms with Gasteiger partial charge in [-0.25, -0.2) is 0 Å². The van der Waals surface area contributed by atoms with Crippen molar-refractivity contribution in [1.29, 1.82) is 0 Å². The van der Waals surface area contributed by atoms with Crippen molar-refractivity contribution in [2.75, 3.05) is 32.6 Å². The third kappa shape index (κ3) is 4.08. The van der Waals surface area contributed by atoms with Crippen LogP contribution in [0.25, 0.3) is 0 Å². The van der Waals surface area contributed by atoms with E-state index in [9.17, 15) is 8.42 Å². The summed E-state index contributed by atoms with van der Waals surface area (Å²) < 4.78 is 27.6. The van der Waals surface area contributed by atoms with E-state index in [1.165, 1.54) is 4.31 Å². The SMILES string of the molecule is CC(C)C1CCN(S(=O)(=O)N(C)CCCCl)CC1. The normalized spacial score (nSPS) is 19.9. The molecule has 1 fully saturated rings. The van der Waals surface area contributed by atoms with Crippen molar-refractivity contribution in [2.24, 2.45) is 11.8 Å². The highest BCUT2D eigenvalue weighted by molar-refractivity contribution is 7.86. The molecule has 6 heteroatoms. The Morgan fingerprint density at radius 2 is 1.89 bits per heavy atom. The topological polar surface area (TPSA) is 40.6 Å². The summed E-state index contributed by atoms with van der Waals surface area (Å²) in [5.74, 6) is 1.79. The van der Waals surface area contributed by atoms with Crippen LogP contribution in [0.2, 0.25) is 0 Å². The van der Waals surface area contributed by atoms with E-state index in [4.69, 9.17) is 11.6 Å². The summed E-state index contributed by atoms with van der Waals surface area (Å²) in [5.41, 5.74) is 0. The molecule has 1 aliphatic rings. The van der Waals surface area contributed by atoms with Gasteiger partial charge in [-0.3, -0.25) is 0 Å². The van der Waals surface area contributed by atoms with Gasteiger partial charge in [-0.1, -0.05) is 13.8 Å². The highest BCUT2D eigenvalue weighted by atomic mass is 35.5. The van der Waals surface area contributed by atoms with Gasteiger partial charge in [0.1, 0.15) is 0 Å². The zero-order valence-electron chi connectivity index (χ0n) is 11.6. The maximum absolute atomic E-state index is 12.3. The van der Waals surface area contributed by atoms with Crippen molar-refractivity contribution in [2.45, 2.75) is 33.1 Å². The van der Waals surface area contributed by atoms with Crippen LogP contribution in [0.15, 0.2) is 0 Å². The van der Waals surface area contributed by atoms with Gasteiger partial charge in [0, 0.05) is 32.6 Å². The molecule has 4 nitrogen and oxygen atoms in total. The third-order valence-corrected chi connectivity index (χ3v) is 6.02. The number of piperidine rings is 1. The second-order valence-electron chi connectivity index (χ2n) is 5.35. The predicted molar refractivity (Wildman–Crippen MR) is 76.0 cm³/mol. The highest BCUT2D eigenvalue weighted by Gasteiger charge is 2.31. The zero-order valence-corrected chi connectivity index (χ0v) is 13.2. The van der Waals surface area contributed by atoms with Crippen molar-refractivity contribution in [3.63, 3.8) is 0 Å². The molecule has 0 radical (unpaired) electrons. The Hall–Kier alpha value is 0.160. The van der Waals surface area contributed by atoms with Crippen molar-refractivity contribution in [3.8, 4) is 0 Å². The summed E-state index contributed by atoms with van der Waals surface area (Å²) in [6, 6.07) is 0. The molecule has 1 saturated heterocycles. The average molecular weight is 297 g/mol. The first-order valence-electron chi connectivity index (χ1n) is 6.67. The van der Waals surface area contributed by atoms with Crippen molar-refractivity contribution in [1.82, 2.24) is 8.61 Å². The number of hydrogen-bond acceptors (Lipinski definition) is 2. The van der Waals surface area contributed by atoms with Crippen molar-refractivity contribution >= 4 is 21.8 Å². The molecule has 18 heavy (non-hydrogen) atoms. The summed E-state index contributed by atoms with van der Waals surface area (Å²) in [4.78, 5) is 0. The van der Waals surface area contributed by atoms with Crippen LogP contribution in [0.4, 0.5) is 0 Å². The van der Waals surface area contributed by atoms with Gasteiger partial charge in [0.25, 0.3) is 10.2 Å². The second-order valence-corrected chi connectivity index (χ2v) is 7.77. The molecule has 0 unspecified atom stereocenters. The van der Waals surface area contributed by atoms with Crippen molar-refractivity contribution < 1.29 is 8.42 Å². The molecule has 1 aliphatic heterocycles. The smallest absolute Gasteiger partial charge is 0.195 e. The Balaban J connectivity index is 2.55. The van der Waals surface area contributed by atoms with Crippen LogP contribution >= 0.6 is 11.6 Å². The van der Waals surface area contributed by atoms with E-state index in [1.807, 2.05) is 0 Å². The summed E-state index contributed by atoms with van der Waals surface area (Å²) in [5, 5.41) is 0. The van der Waals surface area contributed by atoms with Gasteiger partial charge in [-0.2, -0.15) is 17.0 Å². The lowest BCUT2D eigenvalue weighted by atomic mass is 9.87. The molecule has 0 aliphatic carbocycles. The first-order chi connectivity index (χ1) is 8.39. The monoisotopic (exact) mass is 296 g/mol. The van der Waals surface area contributed by atoms with Crippen LogP contribution in [0.1, 0.15) is 33.1 Å². The molecule has 0 atom stereocenters. The Morgan fingerprint density at radius 1 is 1.33 bits per heavy atom. The van der Waals surface area contributed by atoms with Gasteiger partial charge < -0.3 is 0 Å². The average Bonchev–Trinajstić information content (AvgIpc) is 2.35. The molecule has 0 N–H and O–H groups in total. The summed E-state index contributed by atoms with van der Waals surface area (Å²) in [6.45, 7) is 6.21. The summed E-state index contributed by atoms with van der Waals surface area (Å²) in [7, 11) is -1.64. The number of rotatable bonds is 6. The van der Waals surface area contributed by atoms with Crippen LogP contribution in [-0.4, -0.2) is 49.6 Å². The lowest BCUT2D eigenvalue weighted by Gasteiger charge is -2.35. The number of alkyl halides is 1. The molecule has 0 amide bonds. The quantitative estimate of drug-likeness (QED) is 0.705. The molecular formula is C12H25ClN2O2S. The van der Waals surface area contributed by atoms with E-state index in [1.54, 1.807) is 11.4 Å². The molecule has 0 spiro atoms. The Labute approximate surface area is 116 Å². The minimum absolute atomic E-state index is 0.495. The van der Waals surface area contributed by atoms with E-state index in [0.29, 0.717) is 43.8 Å².